The van der Waals surface area contributed by atoms with Crippen LogP contribution in [0.5, 0.6) is 0 Å². The molecule has 3 heteroatoms. The molecule has 2 unspecified atom stereocenters. The van der Waals surface area contributed by atoms with Crippen LogP contribution < -0.4 is 0 Å². The first-order valence-electron chi connectivity index (χ1n) is 7.49. The largest absolute Gasteiger partial charge is 0.481 e. The van der Waals surface area contributed by atoms with E-state index < -0.39 is 11.4 Å². The number of nitrogens with zero attached hydrogens (tertiary/aromatic N) is 1. The van der Waals surface area contributed by atoms with Crippen LogP contribution in [0.1, 0.15) is 32.3 Å². The van der Waals surface area contributed by atoms with Gasteiger partial charge in [0.25, 0.3) is 0 Å². The summed E-state index contributed by atoms with van der Waals surface area (Å²) in [5, 5.41) is 9.25. The minimum absolute atomic E-state index is 0.543. The summed E-state index contributed by atoms with van der Waals surface area (Å²) >= 11 is 0. The fraction of sp³-hybridized carbons (Fsp3) is 0.588. The highest BCUT2D eigenvalue weighted by atomic mass is 16.4. The number of hydrogen-bond acceptors (Lipinski definition) is 2. The van der Waals surface area contributed by atoms with Gasteiger partial charge in [0.05, 0.1) is 5.41 Å². The number of carboxylic acid groups (broad SMARTS) is 1. The average Bonchev–Trinajstić information content (AvgIpc) is 2.80. The van der Waals surface area contributed by atoms with E-state index >= 15 is 0 Å². The summed E-state index contributed by atoms with van der Waals surface area (Å²) in [6.45, 7) is 6.75. The van der Waals surface area contributed by atoms with Crippen LogP contribution in [0, 0.1) is 11.3 Å². The zero-order chi connectivity index (χ0) is 14.6. The number of carbonyl (C=O) groups is 1. The van der Waals surface area contributed by atoms with Gasteiger partial charge >= 0.3 is 5.97 Å². The second-order valence-electron chi connectivity index (χ2n) is 6.48. The quantitative estimate of drug-likeness (QED) is 0.867. The van der Waals surface area contributed by atoms with Crippen molar-refractivity contribution >= 4 is 5.97 Å². The zero-order valence-corrected chi connectivity index (χ0v) is 12.5. The molecule has 0 radical (unpaired) electrons. The van der Waals surface area contributed by atoms with Gasteiger partial charge < -0.3 is 10.0 Å². The van der Waals surface area contributed by atoms with Crippen LogP contribution in [-0.4, -0.2) is 35.6 Å². The van der Waals surface area contributed by atoms with Crippen molar-refractivity contribution < 1.29 is 9.90 Å². The van der Waals surface area contributed by atoms with Gasteiger partial charge in [0.15, 0.2) is 0 Å². The Hall–Kier alpha value is -1.35. The Bertz CT molecular complexity index is 446. The minimum Gasteiger partial charge on any atom is -0.481 e. The Morgan fingerprint density at radius 3 is 2.70 bits per heavy atom. The number of hydrogen-bond donors (Lipinski definition) is 1. The monoisotopic (exact) mass is 275 g/mol. The normalized spacial score (nSPS) is 24.7. The Balaban J connectivity index is 1.76. The maximum absolute atomic E-state index is 11.2. The molecule has 0 amide bonds. The SMILES string of the molecule is CC(CCc1ccccc1)CN1CCC(C)(C(=O)O)C1. The molecule has 0 aliphatic carbocycles. The van der Waals surface area contributed by atoms with Crippen molar-refractivity contribution in [3.05, 3.63) is 35.9 Å². The van der Waals surface area contributed by atoms with Gasteiger partial charge in [-0.15, -0.1) is 0 Å². The highest BCUT2D eigenvalue weighted by Gasteiger charge is 2.40. The topological polar surface area (TPSA) is 40.5 Å². The standard InChI is InChI=1S/C17H25NO2/c1-14(8-9-15-6-4-3-5-7-15)12-18-11-10-17(2,13-18)16(19)20/h3-7,14H,8-13H2,1-2H3,(H,19,20). The highest BCUT2D eigenvalue weighted by Crippen LogP contribution is 2.30. The van der Waals surface area contributed by atoms with Gasteiger partial charge in [-0.05, 0) is 44.2 Å². The van der Waals surface area contributed by atoms with Crippen LogP contribution in [0.3, 0.4) is 0 Å². The molecule has 20 heavy (non-hydrogen) atoms. The molecule has 3 nitrogen and oxygen atoms in total. The first-order chi connectivity index (χ1) is 9.49. The van der Waals surface area contributed by atoms with Gasteiger partial charge in [0, 0.05) is 13.1 Å². The van der Waals surface area contributed by atoms with Gasteiger partial charge in [-0.2, -0.15) is 0 Å². The molecule has 1 aromatic carbocycles. The van der Waals surface area contributed by atoms with Crippen molar-refractivity contribution in [2.45, 2.75) is 33.1 Å². The molecular formula is C17H25NO2. The predicted molar refractivity (Wildman–Crippen MR) is 80.7 cm³/mol. The summed E-state index contributed by atoms with van der Waals surface area (Å²) in [7, 11) is 0. The zero-order valence-electron chi connectivity index (χ0n) is 12.5. The second kappa shape index (κ2) is 6.40. The predicted octanol–water partition coefficient (Wildman–Crippen LogP) is 3.05. The van der Waals surface area contributed by atoms with Gasteiger partial charge in [-0.1, -0.05) is 37.3 Å². The Labute approximate surface area is 121 Å². The van der Waals surface area contributed by atoms with E-state index in [0.717, 1.165) is 32.4 Å². The molecule has 2 rings (SSSR count). The van der Waals surface area contributed by atoms with Crippen LogP contribution in [0.4, 0.5) is 0 Å². The fourth-order valence-corrected chi connectivity index (χ4v) is 2.98. The molecule has 0 aromatic heterocycles. The number of aryl methyl sites for hydroxylation is 1. The highest BCUT2D eigenvalue weighted by molar-refractivity contribution is 5.74. The van der Waals surface area contributed by atoms with E-state index in [0.29, 0.717) is 12.5 Å². The maximum atomic E-state index is 11.2. The molecule has 1 aliphatic heterocycles. The summed E-state index contributed by atoms with van der Waals surface area (Å²) < 4.78 is 0. The first-order valence-corrected chi connectivity index (χ1v) is 7.49. The molecule has 0 spiro atoms. The van der Waals surface area contributed by atoms with E-state index in [1.165, 1.54) is 5.56 Å². The van der Waals surface area contributed by atoms with Gasteiger partial charge in [0.1, 0.15) is 0 Å². The molecule has 0 bridgehead atoms. The van der Waals surface area contributed by atoms with E-state index in [9.17, 15) is 9.90 Å². The van der Waals surface area contributed by atoms with E-state index in [4.69, 9.17) is 0 Å². The van der Waals surface area contributed by atoms with Crippen molar-refractivity contribution in [2.24, 2.45) is 11.3 Å². The minimum atomic E-state index is -0.656. The Kier molecular flexibility index (Phi) is 4.81. The first kappa shape index (κ1) is 15.0. The fourth-order valence-electron chi connectivity index (χ4n) is 2.98. The van der Waals surface area contributed by atoms with Crippen LogP contribution in [0.2, 0.25) is 0 Å². The van der Waals surface area contributed by atoms with Gasteiger partial charge in [-0.3, -0.25) is 4.79 Å². The van der Waals surface area contributed by atoms with Crippen molar-refractivity contribution in [3.63, 3.8) is 0 Å². The average molecular weight is 275 g/mol. The summed E-state index contributed by atoms with van der Waals surface area (Å²) in [4.78, 5) is 13.5. The van der Waals surface area contributed by atoms with E-state index in [-0.39, 0.29) is 0 Å². The number of carboxylic acids is 1. The lowest BCUT2D eigenvalue weighted by Crippen LogP contribution is -2.33. The third-order valence-electron chi connectivity index (χ3n) is 4.41. The lowest BCUT2D eigenvalue weighted by Gasteiger charge is -2.23. The maximum Gasteiger partial charge on any atom is 0.310 e. The molecular weight excluding hydrogens is 250 g/mol. The van der Waals surface area contributed by atoms with E-state index in [2.05, 4.69) is 36.1 Å². The molecule has 0 saturated carbocycles. The van der Waals surface area contributed by atoms with Crippen LogP contribution in [-0.2, 0) is 11.2 Å². The molecule has 1 aromatic rings. The second-order valence-corrected chi connectivity index (χ2v) is 6.48. The molecule has 1 aliphatic rings. The lowest BCUT2D eigenvalue weighted by molar-refractivity contribution is -0.147. The summed E-state index contributed by atoms with van der Waals surface area (Å²) in [5.74, 6) is -0.0525. The summed E-state index contributed by atoms with van der Waals surface area (Å²) in [5.41, 5.74) is 0.843. The molecule has 2 atom stereocenters. The number of aliphatic carboxylic acids is 1. The summed E-state index contributed by atoms with van der Waals surface area (Å²) in [6.07, 6.45) is 3.03. The van der Waals surface area contributed by atoms with Crippen molar-refractivity contribution in [1.82, 2.24) is 4.90 Å². The van der Waals surface area contributed by atoms with Crippen molar-refractivity contribution in [2.75, 3.05) is 19.6 Å². The number of likely N-dealkylation sites (tertiary alicyclic amines) is 1. The number of rotatable bonds is 6. The van der Waals surface area contributed by atoms with Crippen LogP contribution >= 0.6 is 0 Å². The van der Waals surface area contributed by atoms with Gasteiger partial charge in [-0.25, -0.2) is 0 Å². The Morgan fingerprint density at radius 2 is 2.10 bits per heavy atom. The van der Waals surface area contributed by atoms with E-state index in [1.54, 1.807) is 0 Å². The van der Waals surface area contributed by atoms with Crippen molar-refractivity contribution in [3.8, 4) is 0 Å². The lowest BCUT2D eigenvalue weighted by atomic mass is 9.90. The molecule has 1 fully saturated rings. The third kappa shape index (κ3) is 3.83. The van der Waals surface area contributed by atoms with Gasteiger partial charge in [0.2, 0.25) is 0 Å². The van der Waals surface area contributed by atoms with Crippen molar-refractivity contribution in [1.29, 1.82) is 0 Å². The van der Waals surface area contributed by atoms with Crippen LogP contribution in [0.15, 0.2) is 30.3 Å². The summed E-state index contributed by atoms with van der Waals surface area (Å²) in [6, 6.07) is 10.6. The molecule has 1 saturated heterocycles. The number of benzene rings is 1. The molecule has 1 heterocycles. The van der Waals surface area contributed by atoms with Crippen LogP contribution in [0.25, 0.3) is 0 Å². The molecule has 110 valence electrons. The van der Waals surface area contributed by atoms with E-state index in [1.807, 2.05) is 13.0 Å². The Morgan fingerprint density at radius 1 is 1.40 bits per heavy atom. The molecule has 1 N–H and O–H groups in total. The third-order valence-corrected chi connectivity index (χ3v) is 4.41. The smallest absolute Gasteiger partial charge is 0.310 e.